The van der Waals surface area contributed by atoms with Gasteiger partial charge in [-0.25, -0.2) is 0 Å². The number of esters is 4. The van der Waals surface area contributed by atoms with Crippen LogP contribution < -0.4 is 10.6 Å². The summed E-state index contributed by atoms with van der Waals surface area (Å²) in [5.74, 6) is -5.09. The number of ether oxygens (including phenoxy) is 4. The molecule has 12 nitrogen and oxygen atoms in total. The van der Waals surface area contributed by atoms with Gasteiger partial charge in [0.2, 0.25) is 12.2 Å². The van der Waals surface area contributed by atoms with E-state index in [4.69, 9.17) is 18.9 Å². The van der Waals surface area contributed by atoms with Crippen LogP contribution in [0.5, 0.6) is 0 Å². The number of hydrogen-bond donors (Lipinski definition) is 2. The summed E-state index contributed by atoms with van der Waals surface area (Å²) in [4.78, 5) is 75.7. The minimum absolute atomic E-state index is 0.207. The van der Waals surface area contributed by atoms with E-state index in [1.54, 1.807) is 0 Å². The van der Waals surface area contributed by atoms with Crippen molar-refractivity contribution in [1.82, 2.24) is 10.6 Å². The summed E-state index contributed by atoms with van der Waals surface area (Å²) >= 11 is 0. The first-order valence-electron chi connectivity index (χ1n) is 14.3. The van der Waals surface area contributed by atoms with Crippen molar-refractivity contribution >= 4 is 35.7 Å². The zero-order chi connectivity index (χ0) is 29.7. The standard InChI is InChI=1S/C28H44N2O10/c1-17(31)37-23(25(39-19(3)33)27(35)29-21-13-9-5-6-10-14-21)24(38-18(2)32)26(40-20(4)34)28(36)30-22-15-11-7-8-12-16-22/h21-26H,5-16H2,1-4H3,(H,29,35)(H,30,36)/t23-,24-,25-,26+/m1/s1. The maximum absolute atomic E-state index is 13.5. The first-order chi connectivity index (χ1) is 19.0. The zero-order valence-corrected chi connectivity index (χ0v) is 24.0. The summed E-state index contributed by atoms with van der Waals surface area (Å²) in [5, 5.41) is 5.70. The van der Waals surface area contributed by atoms with Crippen LogP contribution in [0.3, 0.4) is 0 Å². The van der Waals surface area contributed by atoms with Gasteiger partial charge in [-0.15, -0.1) is 0 Å². The van der Waals surface area contributed by atoms with E-state index in [2.05, 4.69) is 10.6 Å². The van der Waals surface area contributed by atoms with Crippen LogP contribution in [0.4, 0.5) is 0 Å². The molecule has 0 saturated heterocycles. The highest BCUT2D eigenvalue weighted by Gasteiger charge is 2.49. The predicted octanol–water partition coefficient (Wildman–Crippen LogP) is 2.39. The van der Waals surface area contributed by atoms with Crippen LogP contribution in [0.15, 0.2) is 0 Å². The SMILES string of the molecule is CC(=O)O[C@H]([C@@H](OC(C)=O)[C@@H](OC(C)=O)C(=O)NC1CCCCCC1)[C@H](OC(C)=O)C(=O)NC1CCCCCC1. The topological polar surface area (TPSA) is 163 Å². The second-order valence-corrected chi connectivity index (χ2v) is 10.6. The van der Waals surface area contributed by atoms with Gasteiger partial charge in [0.1, 0.15) is 0 Å². The summed E-state index contributed by atoms with van der Waals surface area (Å²) in [5.41, 5.74) is 0. The quantitative estimate of drug-likeness (QED) is 0.215. The minimum atomic E-state index is -1.79. The molecular formula is C28H44N2O10. The van der Waals surface area contributed by atoms with Gasteiger partial charge in [-0.05, 0) is 25.7 Å². The molecule has 2 fully saturated rings. The Labute approximate surface area is 235 Å². The monoisotopic (exact) mass is 568 g/mol. The molecule has 12 heteroatoms. The lowest BCUT2D eigenvalue weighted by atomic mass is 9.98. The molecule has 4 atom stereocenters. The lowest BCUT2D eigenvalue weighted by Crippen LogP contribution is -2.60. The van der Waals surface area contributed by atoms with Crippen LogP contribution >= 0.6 is 0 Å². The summed E-state index contributed by atoms with van der Waals surface area (Å²) in [7, 11) is 0. The Morgan fingerprint density at radius 1 is 0.475 bits per heavy atom. The molecule has 2 aliphatic rings. The van der Waals surface area contributed by atoms with Crippen molar-refractivity contribution in [1.29, 1.82) is 0 Å². The lowest BCUT2D eigenvalue weighted by molar-refractivity contribution is -0.200. The molecule has 0 radical (unpaired) electrons. The third-order valence-corrected chi connectivity index (χ3v) is 7.03. The molecule has 0 aliphatic heterocycles. The lowest BCUT2D eigenvalue weighted by Gasteiger charge is -2.35. The number of nitrogens with one attached hydrogen (secondary N) is 2. The summed E-state index contributed by atoms with van der Waals surface area (Å²) in [6, 6.07) is -0.415. The highest BCUT2D eigenvalue weighted by atomic mass is 16.6. The van der Waals surface area contributed by atoms with Crippen molar-refractivity contribution in [3.63, 3.8) is 0 Å². The molecule has 2 rings (SSSR count). The molecule has 226 valence electrons. The zero-order valence-electron chi connectivity index (χ0n) is 24.0. The number of carbonyl (C=O) groups is 6. The van der Waals surface area contributed by atoms with E-state index in [1.165, 1.54) is 0 Å². The molecule has 40 heavy (non-hydrogen) atoms. The van der Waals surface area contributed by atoms with E-state index in [1.807, 2.05) is 0 Å². The summed E-state index contributed by atoms with van der Waals surface area (Å²) in [6.07, 6.45) is 3.43. The normalized spacial score (nSPS) is 19.8. The van der Waals surface area contributed by atoms with Gasteiger partial charge in [0.15, 0.2) is 12.2 Å². The third kappa shape index (κ3) is 11.5. The van der Waals surface area contributed by atoms with E-state index < -0.39 is 60.1 Å². The maximum Gasteiger partial charge on any atom is 0.303 e. The van der Waals surface area contributed by atoms with Gasteiger partial charge in [0, 0.05) is 39.8 Å². The van der Waals surface area contributed by atoms with E-state index in [0.717, 1.165) is 79.1 Å². The molecule has 0 heterocycles. The Morgan fingerprint density at radius 3 is 1.00 bits per heavy atom. The van der Waals surface area contributed by atoms with Crippen molar-refractivity contribution in [2.45, 2.75) is 141 Å². The average molecular weight is 569 g/mol. The Balaban J connectivity index is 2.47. The average Bonchev–Trinajstić information content (AvgIpc) is 3.28. The smallest absolute Gasteiger partial charge is 0.303 e. The fraction of sp³-hybridized carbons (Fsp3) is 0.786. The molecule has 2 amide bonds. The second-order valence-electron chi connectivity index (χ2n) is 10.6. The largest absolute Gasteiger partial charge is 0.454 e. The first kappa shape index (κ1) is 33.0. The number of hydrogen-bond acceptors (Lipinski definition) is 10. The Bertz CT molecular complexity index is 820. The summed E-state index contributed by atoms with van der Waals surface area (Å²) < 4.78 is 21.5. The van der Waals surface area contributed by atoms with Gasteiger partial charge < -0.3 is 29.6 Å². The molecular weight excluding hydrogens is 524 g/mol. The van der Waals surface area contributed by atoms with E-state index >= 15 is 0 Å². The van der Waals surface area contributed by atoms with Gasteiger partial charge in [-0.3, -0.25) is 28.8 Å². The number of amides is 2. The molecule has 0 spiro atoms. The Morgan fingerprint density at radius 2 is 0.750 bits per heavy atom. The van der Waals surface area contributed by atoms with Crippen molar-refractivity contribution < 1.29 is 47.7 Å². The van der Waals surface area contributed by atoms with Crippen LogP contribution in [0.2, 0.25) is 0 Å². The van der Waals surface area contributed by atoms with Crippen LogP contribution in [-0.2, 0) is 47.7 Å². The summed E-state index contributed by atoms with van der Waals surface area (Å²) in [6.45, 7) is 4.25. The molecule has 0 aromatic heterocycles. The maximum atomic E-state index is 13.5. The van der Waals surface area contributed by atoms with Crippen molar-refractivity contribution in [2.24, 2.45) is 0 Å². The number of carbonyl (C=O) groups excluding carboxylic acids is 6. The molecule has 0 unspecified atom stereocenters. The van der Waals surface area contributed by atoms with Gasteiger partial charge in [-0.2, -0.15) is 0 Å². The molecule has 0 aromatic rings. The minimum Gasteiger partial charge on any atom is -0.454 e. The number of rotatable bonds is 11. The van der Waals surface area contributed by atoms with Gasteiger partial charge in [-0.1, -0.05) is 51.4 Å². The Kier molecular flexibility index (Phi) is 13.9. The first-order valence-corrected chi connectivity index (χ1v) is 14.3. The molecule has 2 N–H and O–H groups in total. The molecule has 2 saturated carbocycles. The van der Waals surface area contributed by atoms with Gasteiger partial charge in [0.05, 0.1) is 0 Å². The highest BCUT2D eigenvalue weighted by molar-refractivity contribution is 5.87. The van der Waals surface area contributed by atoms with Crippen LogP contribution in [-0.4, -0.2) is 72.2 Å². The molecule has 0 aromatic carbocycles. The van der Waals surface area contributed by atoms with Crippen molar-refractivity contribution in [2.75, 3.05) is 0 Å². The van der Waals surface area contributed by atoms with Crippen molar-refractivity contribution in [3.8, 4) is 0 Å². The van der Waals surface area contributed by atoms with E-state index in [0.29, 0.717) is 25.7 Å². The predicted molar refractivity (Wildman–Crippen MR) is 141 cm³/mol. The van der Waals surface area contributed by atoms with Gasteiger partial charge >= 0.3 is 23.9 Å². The van der Waals surface area contributed by atoms with Crippen LogP contribution in [0, 0.1) is 0 Å². The fourth-order valence-electron chi connectivity index (χ4n) is 5.30. The van der Waals surface area contributed by atoms with Gasteiger partial charge in [0.25, 0.3) is 11.8 Å². The second kappa shape index (κ2) is 16.8. The van der Waals surface area contributed by atoms with Crippen molar-refractivity contribution in [3.05, 3.63) is 0 Å². The third-order valence-electron chi connectivity index (χ3n) is 7.03. The molecule has 2 aliphatic carbocycles. The van der Waals surface area contributed by atoms with Crippen LogP contribution in [0.1, 0.15) is 105 Å². The van der Waals surface area contributed by atoms with E-state index in [-0.39, 0.29) is 12.1 Å². The molecule has 0 bridgehead atoms. The Hall–Kier alpha value is -3.18. The fourth-order valence-corrected chi connectivity index (χ4v) is 5.30. The highest BCUT2D eigenvalue weighted by Crippen LogP contribution is 2.23. The van der Waals surface area contributed by atoms with Crippen LogP contribution in [0.25, 0.3) is 0 Å². The van der Waals surface area contributed by atoms with E-state index in [9.17, 15) is 28.8 Å².